The number of carbonyl (C=O) groups is 2. The van der Waals surface area contributed by atoms with Crippen molar-refractivity contribution in [1.29, 1.82) is 0 Å². The van der Waals surface area contributed by atoms with Gasteiger partial charge in [-0.1, -0.05) is 54.1 Å². The first-order valence-electron chi connectivity index (χ1n) is 17.1. The van der Waals surface area contributed by atoms with Gasteiger partial charge in [-0.2, -0.15) is 0 Å². The molecule has 0 spiro atoms. The number of rotatable bonds is 8. The van der Waals surface area contributed by atoms with E-state index in [2.05, 4.69) is 19.1 Å². The molecule has 0 aromatic heterocycles. The van der Waals surface area contributed by atoms with E-state index in [9.17, 15) is 9.59 Å². The number of ether oxygens (including phenoxy) is 2. The molecule has 2 amide bonds. The number of nitrogens with zero attached hydrogens (tertiary/aromatic N) is 4. The molecule has 2 aliphatic rings. The van der Waals surface area contributed by atoms with Crippen LogP contribution in [0.2, 0.25) is 5.02 Å². The van der Waals surface area contributed by atoms with Gasteiger partial charge >= 0.3 is 6.09 Å². The summed E-state index contributed by atoms with van der Waals surface area (Å²) in [6.45, 7) is 11.1. The molecule has 0 saturated carbocycles. The van der Waals surface area contributed by atoms with Gasteiger partial charge in [0.1, 0.15) is 24.0 Å². The van der Waals surface area contributed by atoms with E-state index < -0.39 is 11.6 Å². The van der Waals surface area contributed by atoms with E-state index in [1.807, 2.05) is 112 Å². The van der Waals surface area contributed by atoms with Crippen LogP contribution in [0.3, 0.4) is 0 Å². The van der Waals surface area contributed by atoms with Crippen LogP contribution < -0.4 is 9.64 Å². The van der Waals surface area contributed by atoms with Crippen molar-refractivity contribution in [3.8, 4) is 16.9 Å². The number of amides is 2. The van der Waals surface area contributed by atoms with E-state index in [1.54, 1.807) is 16.1 Å². The normalized spacial score (nSPS) is 17.0. The highest BCUT2D eigenvalue weighted by molar-refractivity contribution is 6.31. The SMILES string of the molecule is Cc1cc(Cl)cc(N2C=Nc3cc(C)c(-c4cccc(OCc5ccccc5)c4)cc3C2C(=O)N(C)C[C@@H]2CCCN2C(=O)OC(C)(C)C)c1. The van der Waals surface area contributed by atoms with Crippen molar-refractivity contribution in [3.05, 3.63) is 112 Å². The van der Waals surface area contributed by atoms with Gasteiger partial charge in [-0.05, 0) is 118 Å². The first-order valence-corrected chi connectivity index (χ1v) is 17.5. The molecule has 2 aliphatic heterocycles. The Bertz CT molecular complexity index is 1880. The Kier molecular flexibility index (Phi) is 10.2. The molecule has 6 rings (SSSR count). The molecular formula is C41H45ClN4O4. The number of aliphatic imine (C=N–C) groups is 1. The summed E-state index contributed by atoms with van der Waals surface area (Å²) in [5.41, 5.74) is 6.76. The second kappa shape index (κ2) is 14.6. The summed E-state index contributed by atoms with van der Waals surface area (Å²) < 4.78 is 11.9. The van der Waals surface area contributed by atoms with E-state index >= 15 is 0 Å². The van der Waals surface area contributed by atoms with Crippen molar-refractivity contribution in [2.75, 3.05) is 25.0 Å². The van der Waals surface area contributed by atoms with Crippen molar-refractivity contribution in [1.82, 2.24) is 9.80 Å². The lowest BCUT2D eigenvalue weighted by atomic mass is 9.91. The van der Waals surface area contributed by atoms with Crippen molar-refractivity contribution >= 4 is 41.3 Å². The highest BCUT2D eigenvalue weighted by Gasteiger charge is 2.38. The number of fused-ring (bicyclic) bond motifs is 1. The summed E-state index contributed by atoms with van der Waals surface area (Å²) in [5.74, 6) is 0.650. The third kappa shape index (κ3) is 7.97. The number of benzene rings is 4. The van der Waals surface area contributed by atoms with Crippen molar-refractivity contribution < 1.29 is 19.1 Å². The molecule has 2 atom stereocenters. The number of aryl methyl sites for hydroxylation is 2. The number of hydrogen-bond acceptors (Lipinski definition) is 6. The summed E-state index contributed by atoms with van der Waals surface area (Å²) in [6, 6.07) is 27.1. The van der Waals surface area contributed by atoms with Crippen LogP contribution in [0.4, 0.5) is 16.2 Å². The van der Waals surface area contributed by atoms with Gasteiger partial charge in [0.25, 0.3) is 0 Å². The molecular weight excluding hydrogens is 648 g/mol. The quantitative estimate of drug-likeness (QED) is 0.184. The number of hydrogen-bond donors (Lipinski definition) is 0. The Morgan fingerprint density at radius 3 is 2.50 bits per heavy atom. The number of anilines is 1. The Hall–Kier alpha value is -4.82. The first-order chi connectivity index (χ1) is 23.9. The van der Waals surface area contributed by atoms with Gasteiger partial charge in [0.2, 0.25) is 5.91 Å². The van der Waals surface area contributed by atoms with E-state index in [0.717, 1.165) is 63.3 Å². The lowest BCUT2D eigenvalue weighted by Gasteiger charge is -2.37. The van der Waals surface area contributed by atoms with E-state index in [1.165, 1.54) is 0 Å². The average Bonchev–Trinajstić information content (AvgIpc) is 3.54. The van der Waals surface area contributed by atoms with Crippen molar-refractivity contribution in [3.63, 3.8) is 0 Å². The molecule has 0 N–H and O–H groups in total. The molecule has 0 radical (unpaired) electrons. The van der Waals surface area contributed by atoms with Crippen LogP contribution in [0.1, 0.15) is 61.9 Å². The number of carbonyl (C=O) groups excluding carboxylic acids is 2. The predicted molar refractivity (Wildman–Crippen MR) is 201 cm³/mol. The van der Waals surface area contributed by atoms with Crippen molar-refractivity contribution in [2.24, 2.45) is 4.99 Å². The molecule has 0 bridgehead atoms. The molecule has 0 aliphatic carbocycles. The van der Waals surface area contributed by atoms with Crippen LogP contribution in [0.5, 0.6) is 5.75 Å². The van der Waals surface area contributed by atoms with Crippen LogP contribution in [-0.4, -0.2) is 59.9 Å². The Morgan fingerprint density at radius 1 is 0.980 bits per heavy atom. The Labute approximate surface area is 300 Å². The highest BCUT2D eigenvalue weighted by Crippen LogP contribution is 2.42. The lowest BCUT2D eigenvalue weighted by molar-refractivity contribution is -0.132. The topological polar surface area (TPSA) is 74.7 Å². The minimum absolute atomic E-state index is 0.110. The zero-order chi connectivity index (χ0) is 35.6. The second-order valence-electron chi connectivity index (χ2n) is 14.3. The fraction of sp³-hybridized carbons (Fsp3) is 0.341. The highest BCUT2D eigenvalue weighted by atomic mass is 35.5. The maximum absolute atomic E-state index is 14.7. The summed E-state index contributed by atoms with van der Waals surface area (Å²) in [7, 11) is 1.81. The summed E-state index contributed by atoms with van der Waals surface area (Å²) in [4.78, 5) is 38.1. The zero-order valence-corrected chi connectivity index (χ0v) is 30.4. The fourth-order valence-electron chi connectivity index (χ4n) is 6.72. The van der Waals surface area contributed by atoms with Crippen LogP contribution >= 0.6 is 11.6 Å². The van der Waals surface area contributed by atoms with Gasteiger partial charge in [-0.25, -0.2) is 9.79 Å². The van der Waals surface area contributed by atoms with Gasteiger partial charge < -0.3 is 24.2 Å². The van der Waals surface area contributed by atoms with Crippen LogP contribution in [-0.2, 0) is 16.1 Å². The maximum Gasteiger partial charge on any atom is 0.410 e. The minimum Gasteiger partial charge on any atom is -0.489 e. The maximum atomic E-state index is 14.7. The molecule has 2 heterocycles. The zero-order valence-electron chi connectivity index (χ0n) is 29.7. The standard InChI is InChI=1S/C41H45ClN4O4/c1-27-18-31(42)22-33(19-27)46-26-43-37-20-28(2)35(30-14-10-16-34(21-30)49-25-29-12-8-7-9-13-29)23-36(37)38(46)39(47)44(6)24-32-15-11-17-45(32)40(48)50-41(3,4)5/h7-10,12-14,16,18-23,26,32,38H,11,15,17,24-25H2,1-6H3/t32-,38?/m0/s1. The number of halogens is 1. The largest absolute Gasteiger partial charge is 0.489 e. The molecule has 4 aromatic carbocycles. The first kappa shape index (κ1) is 35.0. The second-order valence-corrected chi connectivity index (χ2v) is 14.7. The predicted octanol–water partition coefficient (Wildman–Crippen LogP) is 9.28. The third-order valence-corrected chi connectivity index (χ3v) is 9.30. The molecule has 8 nitrogen and oxygen atoms in total. The lowest BCUT2D eigenvalue weighted by Crippen LogP contribution is -2.48. The minimum atomic E-state index is -0.724. The van der Waals surface area contributed by atoms with E-state index in [0.29, 0.717) is 24.7 Å². The summed E-state index contributed by atoms with van der Waals surface area (Å²) >= 11 is 6.54. The van der Waals surface area contributed by atoms with Gasteiger partial charge in [0.15, 0.2) is 0 Å². The van der Waals surface area contributed by atoms with Gasteiger partial charge in [0, 0.05) is 36.4 Å². The fourth-order valence-corrected chi connectivity index (χ4v) is 7.01. The average molecular weight is 693 g/mol. The van der Waals surface area contributed by atoms with Gasteiger partial charge in [-0.3, -0.25) is 4.79 Å². The molecule has 9 heteroatoms. The van der Waals surface area contributed by atoms with Crippen LogP contribution in [0.25, 0.3) is 11.1 Å². The van der Waals surface area contributed by atoms with E-state index in [-0.39, 0.29) is 18.0 Å². The van der Waals surface area contributed by atoms with Gasteiger partial charge in [-0.15, -0.1) is 0 Å². The molecule has 4 aromatic rings. The van der Waals surface area contributed by atoms with E-state index in [4.69, 9.17) is 26.1 Å². The third-order valence-electron chi connectivity index (χ3n) is 9.09. The number of likely N-dealkylation sites (tertiary alicyclic amines) is 1. The monoisotopic (exact) mass is 692 g/mol. The van der Waals surface area contributed by atoms with Crippen LogP contribution in [0.15, 0.2) is 89.9 Å². The van der Waals surface area contributed by atoms with Gasteiger partial charge in [0.05, 0.1) is 18.1 Å². The van der Waals surface area contributed by atoms with Crippen molar-refractivity contribution in [2.45, 2.75) is 71.8 Å². The molecule has 1 fully saturated rings. The Balaban J connectivity index is 1.34. The molecule has 50 heavy (non-hydrogen) atoms. The molecule has 260 valence electrons. The summed E-state index contributed by atoms with van der Waals surface area (Å²) in [5, 5.41) is 0.578. The molecule has 1 unspecified atom stereocenters. The summed E-state index contributed by atoms with van der Waals surface area (Å²) in [6.07, 6.45) is 3.03. The smallest absolute Gasteiger partial charge is 0.410 e. The van der Waals surface area contributed by atoms with Crippen LogP contribution in [0, 0.1) is 13.8 Å². The molecule has 1 saturated heterocycles. The Morgan fingerprint density at radius 2 is 1.76 bits per heavy atom. The number of likely N-dealkylation sites (N-methyl/N-ethyl adjacent to an activating group) is 1.